The van der Waals surface area contributed by atoms with E-state index in [0.717, 1.165) is 18.4 Å². The lowest BCUT2D eigenvalue weighted by molar-refractivity contribution is -0.588. The highest BCUT2D eigenvalue weighted by atomic mass is 16.5. The molecule has 0 aromatic rings. The molecule has 0 radical (unpaired) electrons. The van der Waals surface area contributed by atoms with Crippen molar-refractivity contribution in [2.45, 2.75) is 6.42 Å². The van der Waals surface area contributed by atoms with Crippen molar-refractivity contribution in [1.82, 2.24) is 5.43 Å². The zero-order chi connectivity index (χ0) is 5.54. The number of rotatable bonds is 4. The van der Waals surface area contributed by atoms with E-state index in [4.69, 9.17) is 5.84 Å². The minimum atomic E-state index is 0.601. The normalized spacial score (nSPS) is 9.43. The van der Waals surface area contributed by atoms with E-state index in [1.807, 2.05) is 0 Å². The molecule has 0 bridgehead atoms. The second-order valence-corrected chi connectivity index (χ2v) is 1.26. The summed E-state index contributed by atoms with van der Waals surface area (Å²) in [6.45, 7) is 1.32. The number of hydrogen-bond donors (Lipinski definition) is 3. The van der Waals surface area contributed by atoms with E-state index in [2.05, 4.69) is 5.43 Å². The van der Waals surface area contributed by atoms with Crippen molar-refractivity contribution in [3.8, 4) is 0 Å². The van der Waals surface area contributed by atoms with Gasteiger partial charge in [-0.1, -0.05) is 0 Å². The number of nitrogens with two attached hydrogens (primary N) is 2. The first-order chi connectivity index (χ1) is 3.41. The monoisotopic (exact) mass is 105 g/mol. The van der Waals surface area contributed by atoms with Crippen molar-refractivity contribution in [3.63, 3.8) is 0 Å². The predicted octanol–water partition coefficient (Wildman–Crippen LogP) is -2.10. The zero-order valence-electron chi connectivity index (χ0n) is 4.18. The Morgan fingerprint density at radius 3 is 2.86 bits per heavy atom. The molecule has 0 spiro atoms. The third-order valence-electron chi connectivity index (χ3n) is 0.643. The first kappa shape index (κ1) is 6.84. The third-order valence-corrected chi connectivity index (χ3v) is 0.643. The van der Waals surface area contributed by atoms with Crippen molar-refractivity contribution >= 4 is 0 Å². The van der Waals surface area contributed by atoms with Gasteiger partial charge < -0.3 is 10.7 Å². The fraction of sp³-hybridized carbons (Fsp3) is 1.00. The van der Waals surface area contributed by atoms with Crippen LogP contribution in [-0.4, -0.2) is 13.1 Å². The van der Waals surface area contributed by atoms with Gasteiger partial charge in [-0.2, -0.15) is 0 Å². The second kappa shape index (κ2) is 5.84. The Morgan fingerprint density at radius 2 is 2.43 bits per heavy atom. The fourth-order valence-corrected chi connectivity index (χ4v) is 0.287. The largest absolute Gasteiger partial charge is 0.636 e. The Bertz CT molecular complexity index is 29.4. The van der Waals surface area contributed by atoms with Gasteiger partial charge in [-0.25, -0.2) is 0 Å². The van der Waals surface area contributed by atoms with Crippen LogP contribution in [0.4, 0.5) is 0 Å². The van der Waals surface area contributed by atoms with E-state index >= 15 is 0 Å². The van der Waals surface area contributed by atoms with Crippen LogP contribution in [0.15, 0.2) is 0 Å². The molecule has 0 saturated heterocycles. The van der Waals surface area contributed by atoms with Crippen molar-refractivity contribution in [2.75, 3.05) is 13.1 Å². The summed E-state index contributed by atoms with van der Waals surface area (Å²) in [4.78, 5) is 0. The van der Waals surface area contributed by atoms with Crippen LogP contribution in [0.5, 0.6) is 0 Å². The number of quaternary nitrogens is 1. The van der Waals surface area contributed by atoms with Crippen LogP contribution < -0.4 is 16.7 Å². The van der Waals surface area contributed by atoms with Crippen molar-refractivity contribution in [2.24, 2.45) is 5.84 Å². The van der Waals surface area contributed by atoms with Gasteiger partial charge in [0.15, 0.2) is 0 Å². The maximum Gasteiger partial charge on any atom is 0.0765 e. The minimum Gasteiger partial charge on any atom is -0.636 e. The highest BCUT2D eigenvalue weighted by Gasteiger charge is 1.78. The number of hydroxylamine groups is 1. The van der Waals surface area contributed by atoms with Crippen LogP contribution in [0.25, 0.3) is 0 Å². The summed E-state index contributed by atoms with van der Waals surface area (Å²) in [6.07, 6.45) is 0.833. The van der Waals surface area contributed by atoms with Crippen LogP contribution >= 0.6 is 0 Å². The molecule has 44 valence electrons. The molecule has 0 atom stereocenters. The predicted molar refractivity (Wildman–Crippen MR) is 27.0 cm³/mol. The molecular formula is C3H11N3O. The van der Waals surface area contributed by atoms with Gasteiger partial charge >= 0.3 is 0 Å². The first-order valence-corrected chi connectivity index (χ1v) is 2.29. The van der Waals surface area contributed by atoms with E-state index in [9.17, 15) is 5.21 Å². The Morgan fingerprint density at radius 1 is 1.71 bits per heavy atom. The Balaban J connectivity index is 2.45. The molecular weight excluding hydrogens is 94.1 g/mol. The number of nitrogens with one attached hydrogen (secondary N) is 1. The van der Waals surface area contributed by atoms with Gasteiger partial charge in [-0.05, 0) is 0 Å². The maximum absolute atomic E-state index is 9.61. The molecule has 0 unspecified atom stereocenters. The maximum atomic E-state index is 9.61. The average molecular weight is 105 g/mol. The van der Waals surface area contributed by atoms with Gasteiger partial charge in [0.25, 0.3) is 0 Å². The fourth-order valence-electron chi connectivity index (χ4n) is 0.287. The molecule has 0 aliphatic carbocycles. The quantitative estimate of drug-likeness (QED) is 0.218. The molecule has 4 heteroatoms. The molecule has 0 aromatic heterocycles. The molecule has 0 amide bonds. The van der Waals surface area contributed by atoms with Crippen LogP contribution in [0.1, 0.15) is 6.42 Å². The Hall–Kier alpha value is -0.160. The summed E-state index contributed by atoms with van der Waals surface area (Å²) >= 11 is 0. The SMILES string of the molecule is NNCCC[NH2+][O-]. The van der Waals surface area contributed by atoms with Crippen molar-refractivity contribution < 1.29 is 5.48 Å². The van der Waals surface area contributed by atoms with Crippen molar-refractivity contribution in [1.29, 1.82) is 0 Å². The van der Waals surface area contributed by atoms with Gasteiger partial charge in [0, 0.05) is 13.0 Å². The van der Waals surface area contributed by atoms with E-state index in [1.54, 1.807) is 0 Å². The number of hydrazine groups is 1. The highest BCUT2D eigenvalue weighted by Crippen LogP contribution is 1.61. The van der Waals surface area contributed by atoms with Crippen LogP contribution in [0.2, 0.25) is 0 Å². The lowest BCUT2D eigenvalue weighted by atomic mass is 10.4. The smallest absolute Gasteiger partial charge is 0.0765 e. The summed E-state index contributed by atoms with van der Waals surface area (Å²) in [7, 11) is 0. The average Bonchev–Trinajstić information content (AvgIpc) is 1.69. The van der Waals surface area contributed by atoms with Crippen LogP contribution in [-0.2, 0) is 0 Å². The molecule has 0 heterocycles. The highest BCUT2D eigenvalue weighted by molar-refractivity contribution is 4.33. The van der Waals surface area contributed by atoms with E-state index < -0.39 is 0 Å². The van der Waals surface area contributed by atoms with Crippen molar-refractivity contribution in [3.05, 3.63) is 5.21 Å². The molecule has 0 aromatic carbocycles. The first-order valence-electron chi connectivity index (χ1n) is 2.29. The van der Waals surface area contributed by atoms with Gasteiger partial charge in [-0.3, -0.25) is 11.3 Å². The van der Waals surface area contributed by atoms with Gasteiger partial charge in [0.2, 0.25) is 0 Å². The summed E-state index contributed by atoms with van der Waals surface area (Å²) in [5.41, 5.74) is 3.33. The molecule has 0 rings (SSSR count). The van der Waals surface area contributed by atoms with E-state index in [1.165, 1.54) is 0 Å². The zero-order valence-corrected chi connectivity index (χ0v) is 4.18. The summed E-state index contributed by atoms with van der Waals surface area (Å²) < 4.78 is 0. The van der Waals surface area contributed by atoms with Gasteiger partial charge in [0.05, 0.1) is 6.54 Å². The standard InChI is InChI=1S/C3H11N3O/c4-5-2-1-3-6-7/h5H,1-4,6H2. The lowest BCUT2D eigenvalue weighted by Crippen LogP contribution is -2.77. The van der Waals surface area contributed by atoms with E-state index in [-0.39, 0.29) is 0 Å². The number of hydrogen-bond acceptors (Lipinski definition) is 3. The summed E-state index contributed by atoms with van der Waals surface area (Å²) in [5.74, 6) is 4.90. The van der Waals surface area contributed by atoms with Crippen LogP contribution in [0.3, 0.4) is 0 Å². The Labute approximate surface area is 42.6 Å². The molecule has 7 heavy (non-hydrogen) atoms. The Kier molecular flexibility index (Phi) is 5.71. The molecule has 5 N–H and O–H groups in total. The molecule has 0 fully saturated rings. The summed E-state index contributed by atoms with van der Waals surface area (Å²) in [5, 5.41) is 9.61. The lowest BCUT2D eigenvalue weighted by Gasteiger charge is -1.99. The topological polar surface area (TPSA) is 77.7 Å². The van der Waals surface area contributed by atoms with Gasteiger partial charge in [-0.15, -0.1) is 0 Å². The molecule has 0 aliphatic heterocycles. The third kappa shape index (κ3) is 5.84. The van der Waals surface area contributed by atoms with Crippen LogP contribution in [0, 0.1) is 5.21 Å². The van der Waals surface area contributed by atoms with Gasteiger partial charge in [0.1, 0.15) is 0 Å². The molecule has 0 saturated carbocycles. The molecule has 0 aliphatic rings. The second-order valence-electron chi connectivity index (χ2n) is 1.26. The molecule has 4 nitrogen and oxygen atoms in total. The minimum absolute atomic E-state index is 0.601. The summed E-state index contributed by atoms with van der Waals surface area (Å²) in [6, 6.07) is 0. The van der Waals surface area contributed by atoms with E-state index in [0.29, 0.717) is 6.54 Å².